The highest BCUT2D eigenvalue weighted by molar-refractivity contribution is 7.75. The molecule has 3 aliphatic heterocycles. The zero-order valence-electron chi connectivity index (χ0n) is 33.0. The number of nitrogens with zero attached hydrogens (tertiary/aromatic N) is 4. The Morgan fingerprint density at radius 1 is 1.20 bits per heavy atom. The Labute approximate surface area is 323 Å². The number of hydrogen-bond donors (Lipinski definition) is 2. The first-order valence-electron chi connectivity index (χ1n) is 18.7. The molecule has 6 rings (SSSR count). The number of carbonyl (C=O) groups excluding carboxylic acids is 3. The molecule has 5 aliphatic rings. The van der Waals surface area contributed by atoms with Crippen molar-refractivity contribution in [1.82, 2.24) is 20.0 Å². The number of esters is 1. The van der Waals surface area contributed by atoms with Gasteiger partial charge >= 0.3 is 18.1 Å². The van der Waals surface area contributed by atoms with Crippen molar-refractivity contribution in [2.24, 2.45) is 16.8 Å². The SMILES string of the molecule is CC(C)C(NC(=O)OC(C)(C)C)C(=O)OC1C(O)C2(N3C=CC(N=CN(C)C)N(C)C3=O)OC1(CO[SH+]C1(C)C3=CCCC=C3c3ccccc31)CC2C. The molecular formula is C40H56N5O8S+. The van der Waals surface area contributed by atoms with Crippen molar-refractivity contribution in [3.05, 3.63) is 65.4 Å². The lowest BCUT2D eigenvalue weighted by atomic mass is 9.74. The highest BCUT2D eigenvalue weighted by Crippen LogP contribution is 2.58. The number of thiol groups is 1. The van der Waals surface area contributed by atoms with Crippen LogP contribution in [-0.4, -0.2) is 113 Å². The van der Waals surface area contributed by atoms with E-state index in [0.29, 0.717) is 18.5 Å². The number of allylic oxidation sites excluding steroid dienone is 3. The van der Waals surface area contributed by atoms with Gasteiger partial charge in [0.25, 0.3) is 0 Å². The van der Waals surface area contributed by atoms with Crippen LogP contribution in [0.3, 0.4) is 0 Å². The van der Waals surface area contributed by atoms with Crippen molar-refractivity contribution in [3.63, 3.8) is 0 Å². The molecule has 0 aromatic heterocycles. The zero-order valence-corrected chi connectivity index (χ0v) is 33.9. The monoisotopic (exact) mass is 766 g/mol. The molecule has 294 valence electrons. The maximum absolute atomic E-state index is 14.1. The molecule has 54 heavy (non-hydrogen) atoms. The lowest BCUT2D eigenvalue weighted by Crippen LogP contribution is -2.65. The number of aliphatic hydroxyl groups excluding tert-OH is 1. The first kappa shape index (κ1) is 39.8. The second-order valence-corrected chi connectivity index (χ2v) is 18.1. The number of urea groups is 1. The molecular weight excluding hydrogens is 711 g/mol. The summed E-state index contributed by atoms with van der Waals surface area (Å²) in [6.45, 7) is 12.8. The molecule has 3 amide bonds. The van der Waals surface area contributed by atoms with Crippen LogP contribution in [0.2, 0.25) is 0 Å². The number of amides is 3. The Bertz CT molecular complexity index is 1770. The van der Waals surface area contributed by atoms with Gasteiger partial charge in [-0.25, -0.2) is 19.4 Å². The third kappa shape index (κ3) is 6.94. The van der Waals surface area contributed by atoms with Crippen LogP contribution in [-0.2, 0) is 40.0 Å². The van der Waals surface area contributed by atoms with Crippen molar-refractivity contribution < 1.29 is 37.9 Å². The molecule has 3 heterocycles. The Kier molecular flexibility index (Phi) is 10.8. The van der Waals surface area contributed by atoms with Crippen LogP contribution < -0.4 is 5.32 Å². The minimum absolute atomic E-state index is 0.0388. The zero-order chi connectivity index (χ0) is 39.4. The largest absolute Gasteiger partial charge is 0.455 e. The standard InChI is InChI=1S/C40H55N5O8S/c1-24(2)31(42-35(48)52-37(4,5)6)34(47)51-33-32(46)40(45-20-19-30(41-23-43(8)9)44(10)36(45)49)25(3)21-39(33,53-40)22-50-54-38(7)28-17-13-11-15-26(28)27-16-12-14-18-29(27)38/h11,13,15-20,23-25,30-33,46H,12,14,21-22H2,1-10H3,(H,42,48)/p+1. The van der Waals surface area contributed by atoms with Crippen molar-refractivity contribution >= 4 is 42.0 Å². The van der Waals surface area contributed by atoms with Gasteiger partial charge in [-0.15, -0.1) is 0 Å². The quantitative estimate of drug-likeness (QED) is 0.106. The third-order valence-corrected chi connectivity index (χ3v) is 12.0. The van der Waals surface area contributed by atoms with Crippen molar-refractivity contribution in [1.29, 1.82) is 0 Å². The van der Waals surface area contributed by atoms with Gasteiger partial charge in [-0.1, -0.05) is 57.2 Å². The van der Waals surface area contributed by atoms with E-state index in [0.717, 1.165) is 12.8 Å². The average Bonchev–Trinajstić information content (AvgIpc) is 3.63. The number of alkyl carbamates (subject to hydrolysis) is 1. The van der Waals surface area contributed by atoms with E-state index >= 15 is 0 Å². The fraction of sp³-hybridized carbons (Fsp3) is 0.600. The summed E-state index contributed by atoms with van der Waals surface area (Å²) >= 11 is 0.645. The minimum Gasteiger partial charge on any atom is -0.455 e. The summed E-state index contributed by atoms with van der Waals surface area (Å²) in [5.74, 6) is -1.54. The number of carbonyl (C=O) groups is 3. The van der Waals surface area contributed by atoms with Crippen LogP contribution in [0.5, 0.6) is 0 Å². The molecule has 2 bridgehead atoms. The van der Waals surface area contributed by atoms with Gasteiger partial charge in [0, 0.05) is 44.4 Å². The molecule has 14 heteroatoms. The second kappa shape index (κ2) is 14.7. The lowest BCUT2D eigenvalue weighted by molar-refractivity contribution is -0.169. The maximum atomic E-state index is 14.1. The van der Waals surface area contributed by atoms with Gasteiger partial charge in [0.15, 0.2) is 11.8 Å². The smallest absolute Gasteiger partial charge is 0.408 e. The van der Waals surface area contributed by atoms with Gasteiger partial charge in [0.2, 0.25) is 4.75 Å². The molecule has 2 aliphatic carbocycles. The molecule has 13 nitrogen and oxygen atoms in total. The van der Waals surface area contributed by atoms with Crippen LogP contribution in [0.1, 0.15) is 78.9 Å². The molecule has 0 spiro atoms. The van der Waals surface area contributed by atoms with Gasteiger partial charge in [-0.2, -0.15) is 4.18 Å². The Morgan fingerprint density at radius 3 is 2.59 bits per heavy atom. The van der Waals surface area contributed by atoms with E-state index in [1.54, 1.807) is 65.2 Å². The fourth-order valence-electron chi connectivity index (χ4n) is 8.37. The van der Waals surface area contributed by atoms with E-state index < -0.39 is 70.1 Å². The van der Waals surface area contributed by atoms with Crippen LogP contribution in [0.15, 0.2) is 59.3 Å². The van der Waals surface area contributed by atoms with Crippen molar-refractivity contribution in [3.8, 4) is 0 Å². The summed E-state index contributed by atoms with van der Waals surface area (Å²) in [5.41, 5.74) is 1.08. The molecule has 8 atom stereocenters. The minimum atomic E-state index is -1.60. The van der Waals surface area contributed by atoms with Gasteiger partial charge in [-0.3, -0.25) is 4.90 Å². The first-order valence-corrected chi connectivity index (χ1v) is 19.5. The first-order chi connectivity index (χ1) is 25.3. The number of benzene rings is 1. The van der Waals surface area contributed by atoms with E-state index in [1.807, 2.05) is 33.2 Å². The van der Waals surface area contributed by atoms with Gasteiger partial charge in [0.05, 0.1) is 6.34 Å². The van der Waals surface area contributed by atoms with Gasteiger partial charge in [-0.05, 0) is 70.1 Å². The van der Waals surface area contributed by atoms with Crippen molar-refractivity contribution in [2.75, 3.05) is 27.7 Å². The number of ether oxygens (including phenoxy) is 3. The number of nitrogens with one attached hydrogen (secondary N) is 1. The fourth-order valence-corrected chi connectivity index (χ4v) is 9.51. The van der Waals surface area contributed by atoms with E-state index in [4.69, 9.17) is 18.4 Å². The van der Waals surface area contributed by atoms with E-state index in [2.05, 4.69) is 41.5 Å². The van der Waals surface area contributed by atoms with Crippen LogP contribution >= 0.6 is 0 Å². The Morgan fingerprint density at radius 2 is 1.91 bits per heavy atom. The maximum Gasteiger partial charge on any atom is 0.408 e. The topological polar surface area (TPSA) is 142 Å². The molecule has 0 radical (unpaired) electrons. The molecule has 2 N–H and O–H groups in total. The predicted octanol–water partition coefficient (Wildman–Crippen LogP) is 4.89. The molecule has 2 fully saturated rings. The van der Waals surface area contributed by atoms with Crippen LogP contribution in [0.25, 0.3) is 5.57 Å². The highest BCUT2D eigenvalue weighted by atomic mass is 32.2. The summed E-state index contributed by atoms with van der Waals surface area (Å²) in [4.78, 5) is 50.1. The van der Waals surface area contributed by atoms with E-state index in [1.165, 1.54) is 32.1 Å². The Hall–Kier alpha value is -3.85. The third-order valence-electron chi connectivity index (χ3n) is 10.9. The summed E-state index contributed by atoms with van der Waals surface area (Å²) in [6, 6.07) is 6.84. The average molecular weight is 767 g/mol. The normalized spacial score (nSPS) is 32.0. The predicted molar refractivity (Wildman–Crippen MR) is 208 cm³/mol. The number of likely N-dealkylation sites (N-methyl/N-ethyl adjacent to an activating group) is 1. The molecule has 2 saturated heterocycles. The van der Waals surface area contributed by atoms with Gasteiger partial charge < -0.3 is 34.4 Å². The molecule has 1 aromatic rings. The molecule has 8 unspecified atom stereocenters. The molecule has 1 aromatic carbocycles. The summed E-state index contributed by atoms with van der Waals surface area (Å²) in [6.07, 6.45) is 7.74. The van der Waals surface area contributed by atoms with Gasteiger partial charge in [0.1, 0.15) is 48.2 Å². The summed E-state index contributed by atoms with van der Waals surface area (Å²) in [5, 5.41) is 15.0. The lowest BCUT2D eigenvalue weighted by Gasteiger charge is -2.46. The van der Waals surface area contributed by atoms with Crippen LogP contribution in [0.4, 0.5) is 9.59 Å². The second-order valence-electron chi connectivity index (χ2n) is 16.7. The number of aliphatic imine (C=N–C) groups is 1. The molecule has 0 saturated carbocycles. The number of aliphatic hydroxyl groups is 1. The highest BCUT2D eigenvalue weighted by Gasteiger charge is 2.76. The Balaban J connectivity index is 1.32. The number of rotatable bonds is 11. The number of fused-ring (bicyclic) bond motifs is 5. The van der Waals surface area contributed by atoms with E-state index in [9.17, 15) is 19.5 Å². The summed E-state index contributed by atoms with van der Waals surface area (Å²) < 4.78 is 24.8. The van der Waals surface area contributed by atoms with Crippen LogP contribution in [0, 0.1) is 11.8 Å². The van der Waals surface area contributed by atoms with E-state index in [-0.39, 0.29) is 12.5 Å². The number of hydrogen-bond acceptors (Lipinski definition) is 9. The summed E-state index contributed by atoms with van der Waals surface area (Å²) in [7, 11) is 5.32. The van der Waals surface area contributed by atoms with Crippen molar-refractivity contribution in [2.45, 2.75) is 114 Å².